The van der Waals surface area contributed by atoms with E-state index in [0.29, 0.717) is 35.3 Å². The fourth-order valence-electron chi connectivity index (χ4n) is 3.11. The number of aliphatic carboxylic acids is 1. The van der Waals surface area contributed by atoms with Gasteiger partial charge in [-0.3, -0.25) is 4.90 Å². The number of carboxylic acids is 1. The molecular weight excluding hydrogens is 421 g/mol. The summed E-state index contributed by atoms with van der Waals surface area (Å²) < 4.78 is 6.20. The van der Waals surface area contributed by atoms with Crippen molar-refractivity contribution in [3.8, 4) is 0 Å². The maximum Gasteiger partial charge on any atom is 0.332 e. The van der Waals surface area contributed by atoms with Crippen LogP contribution in [0.3, 0.4) is 0 Å². The lowest BCUT2D eigenvalue weighted by molar-refractivity contribution is -0.133. The summed E-state index contributed by atoms with van der Waals surface area (Å²) in [5.74, 6) is -0.846. The summed E-state index contributed by atoms with van der Waals surface area (Å²) in [6.07, 6.45) is 2.31. The zero-order chi connectivity index (χ0) is 19.2. The Labute approximate surface area is 181 Å². The van der Waals surface area contributed by atoms with Crippen LogP contribution in [0.2, 0.25) is 10.0 Å². The van der Waals surface area contributed by atoms with Gasteiger partial charge < -0.3 is 9.84 Å². The molecule has 0 atom stereocenters. The summed E-state index contributed by atoms with van der Waals surface area (Å²) in [6.45, 7) is 2.45. The number of hydrogen-bond acceptors (Lipinski definition) is 3. The van der Waals surface area contributed by atoms with Crippen molar-refractivity contribution in [3.63, 3.8) is 0 Å². The molecule has 0 aliphatic carbocycles. The highest BCUT2D eigenvalue weighted by atomic mass is 35.5. The fraction of sp³-hybridized carbons (Fsp3) is 0.286. The van der Waals surface area contributed by atoms with Gasteiger partial charge in [0.15, 0.2) is 0 Å². The third kappa shape index (κ3) is 6.23. The second kappa shape index (κ2) is 10.8. The molecule has 2 aromatic rings. The summed E-state index contributed by atoms with van der Waals surface area (Å²) in [4.78, 5) is 13.3. The molecule has 0 saturated heterocycles. The number of carbonyl (C=O) groups is 1. The van der Waals surface area contributed by atoms with Crippen LogP contribution in [-0.4, -0.2) is 42.2 Å². The maximum atomic E-state index is 11.2. The van der Waals surface area contributed by atoms with Gasteiger partial charge in [-0.25, -0.2) is 4.79 Å². The van der Waals surface area contributed by atoms with Gasteiger partial charge in [-0.15, -0.1) is 12.4 Å². The van der Waals surface area contributed by atoms with Crippen LogP contribution in [0.15, 0.2) is 60.2 Å². The Morgan fingerprint density at radius 2 is 1.57 bits per heavy atom. The Morgan fingerprint density at radius 3 is 2.07 bits per heavy atom. The van der Waals surface area contributed by atoms with E-state index in [9.17, 15) is 4.79 Å². The summed E-state index contributed by atoms with van der Waals surface area (Å²) in [5, 5.41) is 10.5. The Hall–Kier alpha value is -1.56. The third-order valence-corrected chi connectivity index (χ3v) is 5.05. The van der Waals surface area contributed by atoms with Gasteiger partial charge in [-0.05, 0) is 41.8 Å². The monoisotopic (exact) mass is 441 g/mol. The smallest absolute Gasteiger partial charge is 0.332 e. The largest absolute Gasteiger partial charge is 0.478 e. The Kier molecular flexibility index (Phi) is 8.80. The molecule has 0 radical (unpaired) electrons. The van der Waals surface area contributed by atoms with Crippen molar-refractivity contribution in [3.05, 3.63) is 81.4 Å². The predicted octanol–water partition coefficient (Wildman–Crippen LogP) is 5.24. The van der Waals surface area contributed by atoms with Crippen LogP contribution in [0, 0.1) is 0 Å². The molecule has 2 aromatic carbocycles. The van der Waals surface area contributed by atoms with Gasteiger partial charge in [-0.2, -0.15) is 0 Å². The third-order valence-electron chi connectivity index (χ3n) is 4.54. The highest BCUT2D eigenvalue weighted by Crippen LogP contribution is 2.28. The molecule has 1 aliphatic rings. The van der Waals surface area contributed by atoms with Crippen LogP contribution in [0.5, 0.6) is 0 Å². The normalized spacial score (nSPS) is 14.5. The molecule has 0 aromatic heterocycles. The standard InChI is InChI=1S/C21H21Cl2NO3.ClH/c22-18-7-3-15(4-8-18)20(16-5-9-19(23)10-6-16)27-13-12-24-11-1-2-17(14-24)21(25)26;/h2-10,20H,1,11-14H2,(H,25,26);1H. The number of nitrogens with zero attached hydrogens (tertiary/aromatic N) is 1. The minimum Gasteiger partial charge on any atom is -0.478 e. The van der Waals surface area contributed by atoms with E-state index in [4.69, 9.17) is 33.0 Å². The number of halogens is 3. The first-order valence-corrected chi connectivity index (χ1v) is 9.56. The van der Waals surface area contributed by atoms with Crippen molar-refractivity contribution < 1.29 is 14.6 Å². The number of benzene rings is 2. The molecule has 0 fully saturated rings. The number of ether oxygens (including phenoxy) is 1. The van der Waals surface area contributed by atoms with Crippen molar-refractivity contribution in [2.45, 2.75) is 12.5 Å². The maximum absolute atomic E-state index is 11.2. The van der Waals surface area contributed by atoms with Crippen LogP contribution >= 0.6 is 35.6 Å². The van der Waals surface area contributed by atoms with E-state index in [2.05, 4.69) is 4.90 Å². The molecule has 0 amide bonds. The molecule has 1 aliphatic heterocycles. The summed E-state index contributed by atoms with van der Waals surface area (Å²) >= 11 is 12.0. The molecule has 0 unspecified atom stereocenters. The van der Waals surface area contributed by atoms with Crippen molar-refractivity contribution in [2.75, 3.05) is 26.2 Å². The van der Waals surface area contributed by atoms with E-state index in [1.54, 1.807) is 6.08 Å². The molecule has 7 heteroatoms. The minimum atomic E-state index is -0.846. The average Bonchev–Trinajstić information content (AvgIpc) is 2.67. The van der Waals surface area contributed by atoms with Crippen molar-refractivity contribution in [2.24, 2.45) is 0 Å². The topological polar surface area (TPSA) is 49.8 Å². The van der Waals surface area contributed by atoms with E-state index in [-0.39, 0.29) is 18.5 Å². The highest BCUT2D eigenvalue weighted by Gasteiger charge is 2.19. The summed E-state index contributed by atoms with van der Waals surface area (Å²) in [5.41, 5.74) is 2.46. The number of rotatable bonds is 7. The van der Waals surface area contributed by atoms with Crippen molar-refractivity contribution >= 4 is 41.6 Å². The van der Waals surface area contributed by atoms with Gasteiger partial charge in [0, 0.05) is 35.3 Å². The van der Waals surface area contributed by atoms with E-state index in [0.717, 1.165) is 24.1 Å². The molecule has 1 N–H and O–H groups in total. The van der Waals surface area contributed by atoms with Crippen LogP contribution < -0.4 is 0 Å². The molecular formula is C21H22Cl3NO3. The lowest BCUT2D eigenvalue weighted by Crippen LogP contribution is -2.35. The molecule has 4 nitrogen and oxygen atoms in total. The molecule has 0 spiro atoms. The molecule has 1 heterocycles. The second-order valence-corrected chi connectivity index (χ2v) is 7.33. The molecule has 0 bridgehead atoms. The first-order chi connectivity index (χ1) is 13.0. The van der Waals surface area contributed by atoms with Crippen LogP contribution in [0.4, 0.5) is 0 Å². The summed E-state index contributed by atoms with van der Waals surface area (Å²) in [7, 11) is 0. The van der Waals surface area contributed by atoms with Gasteiger partial charge in [-0.1, -0.05) is 53.5 Å². The fourth-order valence-corrected chi connectivity index (χ4v) is 3.36. The highest BCUT2D eigenvalue weighted by molar-refractivity contribution is 6.30. The van der Waals surface area contributed by atoms with Gasteiger partial charge in [0.1, 0.15) is 6.10 Å². The molecule has 150 valence electrons. The van der Waals surface area contributed by atoms with E-state index >= 15 is 0 Å². The van der Waals surface area contributed by atoms with Crippen molar-refractivity contribution in [1.29, 1.82) is 0 Å². The number of hydrogen-bond donors (Lipinski definition) is 1. The summed E-state index contributed by atoms with van der Waals surface area (Å²) in [6, 6.07) is 15.2. The van der Waals surface area contributed by atoms with Crippen LogP contribution in [0.25, 0.3) is 0 Å². The first kappa shape index (κ1) is 22.7. The quantitative estimate of drug-likeness (QED) is 0.637. The van der Waals surface area contributed by atoms with Gasteiger partial charge in [0.25, 0.3) is 0 Å². The molecule has 0 saturated carbocycles. The lowest BCUT2D eigenvalue weighted by Gasteiger charge is -2.27. The van der Waals surface area contributed by atoms with Crippen molar-refractivity contribution in [1.82, 2.24) is 4.90 Å². The second-order valence-electron chi connectivity index (χ2n) is 6.45. The molecule has 3 rings (SSSR count). The van der Waals surface area contributed by atoms with Gasteiger partial charge in [0.05, 0.1) is 6.61 Å². The Bertz CT molecular complexity index is 761. The lowest BCUT2D eigenvalue weighted by atomic mass is 10.0. The van der Waals surface area contributed by atoms with Crippen LogP contribution in [0.1, 0.15) is 23.7 Å². The SMILES string of the molecule is Cl.O=C(O)C1=CCCN(CCOC(c2ccc(Cl)cc2)c2ccc(Cl)cc2)C1. The van der Waals surface area contributed by atoms with E-state index in [1.165, 1.54) is 0 Å². The zero-order valence-corrected chi connectivity index (χ0v) is 17.5. The minimum absolute atomic E-state index is 0. The van der Waals surface area contributed by atoms with Gasteiger partial charge >= 0.3 is 5.97 Å². The van der Waals surface area contributed by atoms with Crippen LogP contribution in [-0.2, 0) is 9.53 Å². The Balaban J connectivity index is 0.00000280. The van der Waals surface area contributed by atoms with E-state index in [1.807, 2.05) is 48.5 Å². The number of carboxylic acid groups (broad SMARTS) is 1. The predicted molar refractivity (Wildman–Crippen MR) is 115 cm³/mol. The zero-order valence-electron chi connectivity index (χ0n) is 15.2. The first-order valence-electron chi connectivity index (χ1n) is 8.80. The Morgan fingerprint density at radius 1 is 1.04 bits per heavy atom. The van der Waals surface area contributed by atoms with E-state index < -0.39 is 5.97 Å². The molecule has 28 heavy (non-hydrogen) atoms. The van der Waals surface area contributed by atoms with Gasteiger partial charge in [0.2, 0.25) is 0 Å². The average molecular weight is 443 g/mol.